The minimum atomic E-state index is -0.530. The maximum absolute atomic E-state index is 12.4. The van der Waals surface area contributed by atoms with Crippen LogP contribution >= 0.6 is 0 Å². The van der Waals surface area contributed by atoms with Crippen molar-refractivity contribution >= 4 is 11.6 Å². The number of methoxy groups -OCH3 is 1. The van der Waals surface area contributed by atoms with Crippen molar-refractivity contribution in [2.24, 2.45) is 0 Å². The number of carbonyl (C=O) groups is 1. The van der Waals surface area contributed by atoms with Crippen molar-refractivity contribution in [3.05, 3.63) is 53.6 Å². The quantitative estimate of drug-likeness (QED) is 0.873. The second-order valence-corrected chi connectivity index (χ2v) is 5.50. The molecule has 0 aliphatic rings. The van der Waals surface area contributed by atoms with Crippen molar-refractivity contribution in [1.29, 1.82) is 0 Å². The Kier molecular flexibility index (Phi) is 5.63. The molecule has 4 nitrogen and oxygen atoms in total. The molecule has 4 heteroatoms. The predicted octanol–water partition coefficient (Wildman–Crippen LogP) is 4.11. The number of carbonyl (C=O) groups excluding carboxylic acids is 1. The van der Waals surface area contributed by atoms with Crippen LogP contribution in [0, 0.1) is 13.8 Å². The molecule has 0 saturated heterocycles. The van der Waals surface area contributed by atoms with Crippen LogP contribution in [0.5, 0.6) is 11.5 Å². The van der Waals surface area contributed by atoms with Crippen molar-refractivity contribution in [2.45, 2.75) is 33.3 Å². The summed E-state index contributed by atoms with van der Waals surface area (Å²) >= 11 is 0. The molecule has 0 heterocycles. The molecule has 0 aliphatic carbocycles. The maximum atomic E-state index is 12.4. The van der Waals surface area contributed by atoms with Crippen LogP contribution in [-0.4, -0.2) is 19.1 Å². The van der Waals surface area contributed by atoms with Gasteiger partial charge in [-0.05, 0) is 61.7 Å². The number of benzene rings is 2. The average molecular weight is 313 g/mol. The molecule has 2 rings (SSSR count). The molecule has 0 radical (unpaired) electrons. The summed E-state index contributed by atoms with van der Waals surface area (Å²) in [6.45, 7) is 5.91. The van der Waals surface area contributed by atoms with Gasteiger partial charge < -0.3 is 14.8 Å². The highest BCUT2D eigenvalue weighted by molar-refractivity contribution is 5.94. The zero-order valence-electron chi connectivity index (χ0n) is 14.1. The summed E-state index contributed by atoms with van der Waals surface area (Å²) in [5.41, 5.74) is 2.85. The van der Waals surface area contributed by atoms with E-state index >= 15 is 0 Å². The lowest BCUT2D eigenvalue weighted by atomic mass is 10.1. The lowest BCUT2D eigenvalue weighted by molar-refractivity contribution is -0.122. The molecule has 1 atom stereocenters. The van der Waals surface area contributed by atoms with E-state index in [9.17, 15) is 4.79 Å². The van der Waals surface area contributed by atoms with E-state index in [1.165, 1.54) is 0 Å². The first-order valence-corrected chi connectivity index (χ1v) is 7.72. The molecule has 0 spiro atoms. The van der Waals surface area contributed by atoms with Crippen molar-refractivity contribution in [3.63, 3.8) is 0 Å². The third-order valence-electron chi connectivity index (χ3n) is 3.63. The zero-order valence-corrected chi connectivity index (χ0v) is 14.1. The first-order chi connectivity index (χ1) is 11.0. The molecule has 0 bridgehead atoms. The smallest absolute Gasteiger partial charge is 0.265 e. The lowest BCUT2D eigenvalue weighted by Crippen LogP contribution is -2.32. The number of anilines is 1. The Bertz CT molecular complexity index is 665. The summed E-state index contributed by atoms with van der Waals surface area (Å²) in [6.07, 6.45) is 0.0626. The molecule has 1 amide bonds. The summed E-state index contributed by atoms with van der Waals surface area (Å²) in [4.78, 5) is 12.4. The maximum Gasteiger partial charge on any atom is 0.265 e. The number of nitrogens with one attached hydrogen (secondary N) is 1. The number of hydrogen-bond acceptors (Lipinski definition) is 3. The summed E-state index contributed by atoms with van der Waals surface area (Å²) < 4.78 is 11.0. The molecule has 0 fully saturated rings. The van der Waals surface area contributed by atoms with Gasteiger partial charge in [0.15, 0.2) is 6.10 Å². The molecule has 1 N–H and O–H groups in total. The van der Waals surface area contributed by atoms with E-state index in [0.717, 1.165) is 28.3 Å². The largest absolute Gasteiger partial charge is 0.497 e. The second-order valence-electron chi connectivity index (χ2n) is 5.50. The molecular weight excluding hydrogens is 290 g/mol. The number of ether oxygens (including phenoxy) is 2. The summed E-state index contributed by atoms with van der Waals surface area (Å²) in [5, 5.41) is 2.88. The van der Waals surface area contributed by atoms with Crippen molar-refractivity contribution < 1.29 is 14.3 Å². The van der Waals surface area contributed by atoms with E-state index in [1.807, 2.05) is 51.1 Å². The molecule has 0 aromatic heterocycles. The predicted molar refractivity (Wildman–Crippen MR) is 92.2 cm³/mol. The summed E-state index contributed by atoms with van der Waals surface area (Å²) in [7, 11) is 1.61. The molecule has 122 valence electrons. The number of rotatable bonds is 6. The van der Waals surface area contributed by atoms with Gasteiger partial charge in [-0.25, -0.2) is 0 Å². The Hall–Kier alpha value is -2.49. The van der Waals surface area contributed by atoms with Crippen LogP contribution in [0.25, 0.3) is 0 Å². The summed E-state index contributed by atoms with van der Waals surface area (Å²) in [5.74, 6) is 1.35. The summed E-state index contributed by atoms with van der Waals surface area (Å²) in [6, 6.07) is 13.2. The minimum Gasteiger partial charge on any atom is -0.497 e. The lowest BCUT2D eigenvalue weighted by Gasteiger charge is -2.19. The van der Waals surface area contributed by atoms with Crippen molar-refractivity contribution in [2.75, 3.05) is 12.4 Å². The fourth-order valence-corrected chi connectivity index (χ4v) is 2.21. The van der Waals surface area contributed by atoms with E-state index in [0.29, 0.717) is 6.42 Å². The van der Waals surface area contributed by atoms with Gasteiger partial charge in [0.25, 0.3) is 5.91 Å². The third-order valence-corrected chi connectivity index (χ3v) is 3.63. The van der Waals surface area contributed by atoms with Crippen LogP contribution < -0.4 is 14.8 Å². The second kappa shape index (κ2) is 7.68. The fraction of sp³-hybridized carbons (Fsp3) is 0.316. The molecular formula is C19H23NO3. The van der Waals surface area contributed by atoms with E-state index < -0.39 is 6.10 Å². The van der Waals surface area contributed by atoms with Gasteiger partial charge in [-0.1, -0.05) is 19.1 Å². The van der Waals surface area contributed by atoms with Crippen LogP contribution in [0.2, 0.25) is 0 Å². The average Bonchev–Trinajstić information content (AvgIpc) is 2.56. The van der Waals surface area contributed by atoms with Gasteiger partial charge in [-0.3, -0.25) is 4.79 Å². The Morgan fingerprint density at radius 2 is 1.83 bits per heavy atom. The Morgan fingerprint density at radius 3 is 2.43 bits per heavy atom. The Labute approximate surface area is 137 Å². The van der Waals surface area contributed by atoms with Gasteiger partial charge >= 0.3 is 0 Å². The zero-order chi connectivity index (χ0) is 16.8. The molecule has 23 heavy (non-hydrogen) atoms. The molecule has 2 aromatic rings. The van der Waals surface area contributed by atoms with E-state index in [2.05, 4.69) is 5.32 Å². The number of amides is 1. The first kappa shape index (κ1) is 16.9. The van der Waals surface area contributed by atoms with Crippen LogP contribution in [-0.2, 0) is 4.79 Å². The van der Waals surface area contributed by atoms with Crippen molar-refractivity contribution in [3.8, 4) is 11.5 Å². The van der Waals surface area contributed by atoms with Crippen LogP contribution in [0.15, 0.2) is 42.5 Å². The Balaban J connectivity index is 2.07. The van der Waals surface area contributed by atoms with Gasteiger partial charge in [0.2, 0.25) is 0 Å². The number of aryl methyl sites for hydroxylation is 2. The van der Waals surface area contributed by atoms with Crippen LogP contribution in [0.4, 0.5) is 5.69 Å². The highest BCUT2D eigenvalue weighted by Crippen LogP contribution is 2.22. The SMILES string of the molecule is CC[C@@H](Oc1cc(C)ccc1C)C(=O)Nc1ccc(OC)cc1. The minimum absolute atomic E-state index is 0.154. The highest BCUT2D eigenvalue weighted by Gasteiger charge is 2.19. The standard InChI is InChI=1S/C19H23NO3/c1-5-17(23-18-12-13(2)6-7-14(18)3)19(21)20-15-8-10-16(22-4)11-9-15/h6-12,17H,5H2,1-4H3,(H,20,21)/t17-/m1/s1. The van der Waals surface area contributed by atoms with Crippen LogP contribution in [0.1, 0.15) is 24.5 Å². The van der Waals surface area contributed by atoms with Gasteiger partial charge in [0.05, 0.1) is 7.11 Å². The molecule has 0 aliphatic heterocycles. The van der Waals surface area contributed by atoms with Gasteiger partial charge in [0.1, 0.15) is 11.5 Å². The highest BCUT2D eigenvalue weighted by atomic mass is 16.5. The first-order valence-electron chi connectivity index (χ1n) is 7.72. The van der Waals surface area contributed by atoms with Crippen molar-refractivity contribution in [1.82, 2.24) is 0 Å². The van der Waals surface area contributed by atoms with Gasteiger partial charge in [0, 0.05) is 5.69 Å². The molecule has 2 aromatic carbocycles. The number of hydrogen-bond donors (Lipinski definition) is 1. The third kappa shape index (κ3) is 4.49. The van der Waals surface area contributed by atoms with E-state index in [4.69, 9.17) is 9.47 Å². The van der Waals surface area contributed by atoms with Gasteiger partial charge in [-0.15, -0.1) is 0 Å². The topological polar surface area (TPSA) is 47.6 Å². The monoisotopic (exact) mass is 313 g/mol. The van der Waals surface area contributed by atoms with E-state index in [-0.39, 0.29) is 5.91 Å². The van der Waals surface area contributed by atoms with E-state index in [1.54, 1.807) is 19.2 Å². The molecule has 0 saturated carbocycles. The van der Waals surface area contributed by atoms with Gasteiger partial charge in [-0.2, -0.15) is 0 Å². The normalized spacial score (nSPS) is 11.7. The molecule has 0 unspecified atom stereocenters. The van der Waals surface area contributed by atoms with Crippen LogP contribution in [0.3, 0.4) is 0 Å². The fourth-order valence-electron chi connectivity index (χ4n) is 2.21. The Morgan fingerprint density at radius 1 is 1.13 bits per heavy atom.